The van der Waals surface area contributed by atoms with Crippen LogP contribution in [-0.2, 0) is 10.0 Å². The maximum Gasteiger partial charge on any atom is 0.264 e. The molecule has 0 aliphatic heterocycles. The number of nitrogens with one attached hydrogen (secondary N) is 2. The van der Waals surface area contributed by atoms with Gasteiger partial charge in [0.05, 0.1) is 13.4 Å². The first-order valence-electron chi connectivity index (χ1n) is 9.76. The molecule has 2 amide bonds. The molecule has 0 spiro atoms. The SMILES string of the molecule is COc1ccc(C(=O)Nc2ccc(-c3ccc(C(=O)NS(C)(=O)=O)cc3C)cc2)cc1C. The Bertz CT molecular complexity index is 1280. The van der Waals surface area contributed by atoms with Crippen molar-refractivity contribution in [3.63, 3.8) is 0 Å². The lowest BCUT2D eigenvalue weighted by Gasteiger charge is -2.11. The van der Waals surface area contributed by atoms with Gasteiger partial charge in [0.2, 0.25) is 10.0 Å². The highest BCUT2D eigenvalue weighted by molar-refractivity contribution is 7.89. The molecule has 0 saturated carbocycles. The topological polar surface area (TPSA) is 102 Å². The second kappa shape index (κ2) is 9.23. The molecule has 0 aromatic heterocycles. The van der Waals surface area contributed by atoms with Crippen molar-refractivity contribution in [1.82, 2.24) is 4.72 Å². The predicted molar refractivity (Wildman–Crippen MR) is 125 cm³/mol. The normalized spacial score (nSPS) is 11.0. The molecule has 3 aromatic carbocycles. The number of carbonyl (C=O) groups excluding carboxylic acids is 2. The Morgan fingerprint density at radius 2 is 1.41 bits per heavy atom. The van der Waals surface area contributed by atoms with Gasteiger partial charge in [-0.2, -0.15) is 0 Å². The Morgan fingerprint density at radius 1 is 0.812 bits per heavy atom. The second-order valence-electron chi connectivity index (χ2n) is 7.45. The summed E-state index contributed by atoms with van der Waals surface area (Å²) < 4.78 is 29.7. The van der Waals surface area contributed by atoms with Gasteiger partial charge < -0.3 is 10.1 Å². The van der Waals surface area contributed by atoms with E-state index in [1.54, 1.807) is 55.6 Å². The van der Waals surface area contributed by atoms with E-state index in [4.69, 9.17) is 4.74 Å². The molecule has 0 atom stereocenters. The molecular weight excluding hydrogens is 428 g/mol. The second-order valence-corrected chi connectivity index (χ2v) is 9.20. The number of sulfonamides is 1. The van der Waals surface area contributed by atoms with Crippen molar-refractivity contribution in [1.29, 1.82) is 0 Å². The van der Waals surface area contributed by atoms with Crippen LogP contribution < -0.4 is 14.8 Å². The summed E-state index contributed by atoms with van der Waals surface area (Å²) in [6, 6.07) is 17.5. The molecule has 0 radical (unpaired) electrons. The van der Waals surface area contributed by atoms with Gasteiger partial charge in [-0.1, -0.05) is 18.2 Å². The number of aryl methyl sites for hydroxylation is 2. The highest BCUT2D eigenvalue weighted by Crippen LogP contribution is 2.26. The van der Waals surface area contributed by atoms with Crippen LogP contribution in [0.3, 0.4) is 0 Å². The van der Waals surface area contributed by atoms with Gasteiger partial charge in [-0.3, -0.25) is 9.59 Å². The summed E-state index contributed by atoms with van der Waals surface area (Å²) in [7, 11) is -2.04. The summed E-state index contributed by atoms with van der Waals surface area (Å²) in [5, 5.41) is 2.87. The fraction of sp³-hybridized carbons (Fsp3) is 0.167. The first-order valence-corrected chi connectivity index (χ1v) is 11.7. The Morgan fingerprint density at radius 3 is 1.97 bits per heavy atom. The number of ether oxygens (including phenoxy) is 1. The third-order valence-electron chi connectivity index (χ3n) is 4.88. The third kappa shape index (κ3) is 5.53. The fourth-order valence-corrected chi connectivity index (χ4v) is 3.77. The van der Waals surface area contributed by atoms with E-state index in [1.165, 1.54) is 0 Å². The zero-order valence-electron chi connectivity index (χ0n) is 18.2. The zero-order chi connectivity index (χ0) is 23.5. The van der Waals surface area contributed by atoms with Gasteiger partial charge in [0, 0.05) is 16.8 Å². The molecule has 2 N–H and O–H groups in total. The molecule has 0 fully saturated rings. The van der Waals surface area contributed by atoms with Crippen LogP contribution in [0.25, 0.3) is 11.1 Å². The van der Waals surface area contributed by atoms with E-state index in [1.807, 2.05) is 30.7 Å². The minimum absolute atomic E-state index is 0.221. The van der Waals surface area contributed by atoms with Crippen LogP contribution >= 0.6 is 0 Å². The molecule has 0 unspecified atom stereocenters. The first-order chi connectivity index (χ1) is 15.1. The van der Waals surface area contributed by atoms with Crippen LogP contribution in [-0.4, -0.2) is 33.6 Å². The molecule has 0 heterocycles. The van der Waals surface area contributed by atoms with E-state index in [2.05, 4.69) is 5.32 Å². The fourth-order valence-electron chi connectivity index (χ4n) is 3.31. The Labute approximate surface area is 187 Å². The van der Waals surface area contributed by atoms with Gasteiger partial charge >= 0.3 is 0 Å². The Kier molecular flexibility index (Phi) is 6.64. The number of hydrogen-bond acceptors (Lipinski definition) is 5. The van der Waals surface area contributed by atoms with Gasteiger partial charge in [0.15, 0.2) is 0 Å². The van der Waals surface area contributed by atoms with Crippen molar-refractivity contribution in [3.8, 4) is 16.9 Å². The maximum absolute atomic E-state index is 12.5. The quantitative estimate of drug-likeness (QED) is 0.590. The number of benzene rings is 3. The Hall–Kier alpha value is -3.65. The smallest absolute Gasteiger partial charge is 0.264 e. The maximum atomic E-state index is 12.5. The van der Waals surface area contributed by atoms with Gasteiger partial charge in [-0.05, 0) is 78.6 Å². The van der Waals surface area contributed by atoms with E-state index in [9.17, 15) is 18.0 Å². The molecular formula is C24H24N2O5S. The zero-order valence-corrected chi connectivity index (χ0v) is 19.0. The van der Waals surface area contributed by atoms with E-state index in [-0.39, 0.29) is 11.5 Å². The van der Waals surface area contributed by atoms with Crippen LogP contribution in [0.1, 0.15) is 31.8 Å². The van der Waals surface area contributed by atoms with Crippen LogP contribution in [0, 0.1) is 13.8 Å². The predicted octanol–water partition coefficient (Wildman–Crippen LogP) is 3.92. The van der Waals surface area contributed by atoms with Gasteiger partial charge in [-0.15, -0.1) is 0 Å². The summed E-state index contributed by atoms with van der Waals surface area (Å²) in [4.78, 5) is 24.6. The summed E-state index contributed by atoms with van der Waals surface area (Å²) in [5.74, 6) is -0.170. The van der Waals surface area contributed by atoms with Crippen molar-refractivity contribution < 1.29 is 22.7 Å². The summed E-state index contributed by atoms with van der Waals surface area (Å²) in [5.41, 5.74) is 4.92. The number of anilines is 1. The average Bonchev–Trinajstić information content (AvgIpc) is 2.73. The lowest BCUT2D eigenvalue weighted by Crippen LogP contribution is -2.29. The number of amides is 2. The molecule has 0 aliphatic carbocycles. The minimum Gasteiger partial charge on any atom is -0.496 e. The number of rotatable bonds is 6. The molecule has 3 rings (SSSR count). The van der Waals surface area contributed by atoms with E-state index in [0.717, 1.165) is 34.3 Å². The van der Waals surface area contributed by atoms with Crippen molar-refractivity contribution in [2.75, 3.05) is 18.7 Å². The van der Waals surface area contributed by atoms with E-state index >= 15 is 0 Å². The highest BCUT2D eigenvalue weighted by atomic mass is 32.2. The van der Waals surface area contributed by atoms with Gasteiger partial charge in [0.1, 0.15) is 5.75 Å². The standard InChI is InChI=1S/C24H24N2O5S/c1-15-13-19(24(28)26-32(4,29)30)7-11-21(15)17-5-9-20(10-6-17)25-23(27)18-8-12-22(31-3)16(2)14-18/h5-14H,1-4H3,(H,25,27)(H,26,28). The highest BCUT2D eigenvalue weighted by Gasteiger charge is 2.13. The largest absolute Gasteiger partial charge is 0.496 e. The third-order valence-corrected chi connectivity index (χ3v) is 5.43. The number of carbonyl (C=O) groups is 2. The molecule has 7 nitrogen and oxygen atoms in total. The van der Waals surface area contributed by atoms with Crippen molar-refractivity contribution in [2.24, 2.45) is 0 Å². The molecule has 3 aromatic rings. The molecule has 32 heavy (non-hydrogen) atoms. The molecule has 166 valence electrons. The average molecular weight is 453 g/mol. The summed E-state index contributed by atoms with van der Waals surface area (Å²) in [6.07, 6.45) is 0.933. The van der Waals surface area contributed by atoms with Crippen LogP contribution in [0.2, 0.25) is 0 Å². The minimum atomic E-state index is -3.63. The van der Waals surface area contributed by atoms with Crippen molar-refractivity contribution >= 4 is 27.5 Å². The number of hydrogen-bond donors (Lipinski definition) is 2. The van der Waals surface area contributed by atoms with Crippen LogP contribution in [0.5, 0.6) is 5.75 Å². The number of methoxy groups -OCH3 is 1. The summed E-state index contributed by atoms with van der Waals surface area (Å²) >= 11 is 0. The van der Waals surface area contributed by atoms with E-state index in [0.29, 0.717) is 11.3 Å². The molecule has 0 bridgehead atoms. The van der Waals surface area contributed by atoms with Gasteiger partial charge in [-0.25, -0.2) is 13.1 Å². The lowest BCUT2D eigenvalue weighted by atomic mass is 9.98. The Balaban J connectivity index is 1.74. The molecule has 8 heteroatoms. The van der Waals surface area contributed by atoms with E-state index < -0.39 is 15.9 Å². The van der Waals surface area contributed by atoms with Crippen molar-refractivity contribution in [3.05, 3.63) is 82.9 Å². The van der Waals surface area contributed by atoms with Crippen molar-refractivity contribution in [2.45, 2.75) is 13.8 Å². The van der Waals surface area contributed by atoms with Gasteiger partial charge in [0.25, 0.3) is 11.8 Å². The monoisotopic (exact) mass is 452 g/mol. The van der Waals surface area contributed by atoms with Crippen LogP contribution in [0.15, 0.2) is 60.7 Å². The van der Waals surface area contributed by atoms with Crippen LogP contribution in [0.4, 0.5) is 5.69 Å². The first kappa shape index (κ1) is 23.0. The lowest BCUT2D eigenvalue weighted by molar-refractivity contribution is 0.0980. The summed E-state index contributed by atoms with van der Waals surface area (Å²) in [6.45, 7) is 3.72. The molecule has 0 saturated heterocycles. The molecule has 0 aliphatic rings.